The van der Waals surface area contributed by atoms with Gasteiger partial charge in [0.25, 0.3) is 0 Å². The van der Waals surface area contributed by atoms with Crippen molar-refractivity contribution in [3.63, 3.8) is 0 Å². The Hall–Kier alpha value is -0.850. The minimum absolute atomic E-state index is 0.0768. The summed E-state index contributed by atoms with van der Waals surface area (Å²) >= 11 is 3.33. The van der Waals surface area contributed by atoms with Crippen molar-refractivity contribution in [2.45, 2.75) is 6.42 Å². The van der Waals surface area contributed by atoms with Crippen LogP contribution in [0, 0.1) is 17.2 Å². The van der Waals surface area contributed by atoms with E-state index in [0.717, 1.165) is 10.0 Å². The van der Waals surface area contributed by atoms with E-state index in [2.05, 4.69) is 22.0 Å². The molecule has 0 radical (unpaired) electrons. The lowest BCUT2D eigenvalue weighted by Crippen LogP contribution is -2.06. The Balaban J connectivity index is 2.64. The third-order valence-electron chi connectivity index (χ3n) is 1.80. The highest BCUT2D eigenvalue weighted by Crippen LogP contribution is 2.13. The van der Waals surface area contributed by atoms with E-state index in [9.17, 15) is 0 Å². The second kappa shape index (κ2) is 5.00. The van der Waals surface area contributed by atoms with Crippen molar-refractivity contribution in [2.24, 2.45) is 5.92 Å². The molecule has 1 rings (SSSR count). The van der Waals surface area contributed by atoms with Crippen LogP contribution in [0.3, 0.4) is 0 Å². The van der Waals surface area contributed by atoms with E-state index in [1.807, 2.05) is 24.3 Å². The van der Waals surface area contributed by atoms with Gasteiger partial charge in [-0.15, -0.1) is 0 Å². The maximum absolute atomic E-state index is 8.81. The summed E-state index contributed by atoms with van der Waals surface area (Å²) in [6, 6.07) is 9.81. The lowest BCUT2D eigenvalue weighted by atomic mass is 10.0. The minimum atomic E-state index is -0.291. The van der Waals surface area contributed by atoms with E-state index in [-0.39, 0.29) is 12.5 Å². The van der Waals surface area contributed by atoms with Crippen LogP contribution in [0.25, 0.3) is 0 Å². The Morgan fingerprint density at radius 3 is 2.46 bits per heavy atom. The highest BCUT2D eigenvalue weighted by Gasteiger charge is 2.05. The molecule has 0 bridgehead atoms. The molecule has 0 aliphatic rings. The van der Waals surface area contributed by atoms with Crippen LogP contribution < -0.4 is 0 Å². The summed E-state index contributed by atoms with van der Waals surface area (Å²) in [5.41, 5.74) is 1.07. The molecule has 0 spiro atoms. The highest BCUT2D eigenvalue weighted by molar-refractivity contribution is 9.10. The van der Waals surface area contributed by atoms with Crippen LogP contribution in [-0.2, 0) is 6.42 Å². The molecule has 0 heterocycles. The van der Waals surface area contributed by atoms with Crippen LogP contribution in [0.2, 0.25) is 0 Å². The number of benzene rings is 1. The van der Waals surface area contributed by atoms with Crippen LogP contribution in [0.15, 0.2) is 28.7 Å². The zero-order valence-corrected chi connectivity index (χ0v) is 8.66. The Kier molecular flexibility index (Phi) is 3.94. The fourth-order valence-electron chi connectivity index (χ4n) is 1.06. The second-order valence-electron chi connectivity index (χ2n) is 2.84. The van der Waals surface area contributed by atoms with E-state index < -0.39 is 0 Å². The molecule has 3 heteroatoms. The molecule has 13 heavy (non-hydrogen) atoms. The Morgan fingerprint density at radius 1 is 1.38 bits per heavy atom. The van der Waals surface area contributed by atoms with E-state index >= 15 is 0 Å². The zero-order chi connectivity index (χ0) is 9.68. The van der Waals surface area contributed by atoms with Crippen molar-refractivity contribution in [3.8, 4) is 6.07 Å². The van der Waals surface area contributed by atoms with Gasteiger partial charge in [0.15, 0.2) is 0 Å². The third-order valence-corrected chi connectivity index (χ3v) is 2.33. The smallest absolute Gasteiger partial charge is 0.0734 e. The first-order valence-corrected chi connectivity index (χ1v) is 4.80. The molecular weight excluding hydrogens is 230 g/mol. The number of nitrogens with zero attached hydrogens (tertiary/aromatic N) is 1. The van der Waals surface area contributed by atoms with Crippen molar-refractivity contribution >= 4 is 15.9 Å². The fourth-order valence-corrected chi connectivity index (χ4v) is 1.32. The first kappa shape index (κ1) is 10.2. The summed E-state index contributed by atoms with van der Waals surface area (Å²) in [6.45, 7) is -0.0768. The number of hydrogen-bond donors (Lipinski definition) is 1. The average Bonchev–Trinajstić information content (AvgIpc) is 2.17. The van der Waals surface area contributed by atoms with E-state index in [4.69, 9.17) is 10.4 Å². The largest absolute Gasteiger partial charge is 0.395 e. The van der Waals surface area contributed by atoms with Gasteiger partial charge in [-0.25, -0.2) is 0 Å². The molecule has 1 N–H and O–H groups in total. The van der Waals surface area contributed by atoms with E-state index in [1.165, 1.54) is 0 Å². The molecule has 0 aromatic heterocycles. The van der Waals surface area contributed by atoms with Gasteiger partial charge >= 0.3 is 0 Å². The van der Waals surface area contributed by atoms with Gasteiger partial charge in [-0.05, 0) is 24.1 Å². The van der Waals surface area contributed by atoms with Gasteiger partial charge in [-0.3, -0.25) is 0 Å². The molecule has 0 aliphatic heterocycles. The first-order chi connectivity index (χ1) is 6.26. The van der Waals surface area contributed by atoms with Crippen molar-refractivity contribution in [3.05, 3.63) is 34.3 Å². The fraction of sp³-hybridized carbons (Fsp3) is 0.300. The molecule has 2 nitrogen and oxygen atoms in total. The molecule has 1 aromatic carbocycles. The predicted molar refractivity (Wildman–Crippen MR) is 54.0 cm³/mol. The first-order valence-electron chi connectivity index (χ1n) is 4.01. The highest BCUT2D eigenvalue weighted by atomic mass is 79.9. The van der Waals surface area contributed by atoms with Crippen LogP contribution in [0.5, 0.6) is 0 Å². The van der Waals surface area contributed by atoms with Gasteiger partial charge in [0.1, 0.15) is 0 Å². The number of rotatable bonds is 3. The third kappa shape index (κ3) is 3.17. The lowest BCUT2D eigenvalue weighted by Gasteiger charge is -2.04. The molecule has 0 unspecified atom stereocenters. The number of halogens is 1. The van der Waals surface area contributed by atoms with Crippen molar-refractivity contribution in [2.75, 3.05) is 6.61 Å². The molecule has 0 saturated heterocycles. The van der Waals surface area contributed by atoms with Gasteiger partial charge in [-0.1, -0.05) is 28.1 Å². The average molecular weight is 240 g/mol. The number of aliphatic hydroxyl groups is 1. The molecule has 1 atom stereocenters. The molecule has 0 amide bonds. The number of nitriles is 1. The Morgan fingerprint density at radius 2 is 2.00 bits per heavy atom. The van der Waals surface area contributed by atoms with Crippen LogP contribution in [-0.4, -0.2) is 11.7 Å². The summed E-state index contributed by atoms with van der Waals surface area (Å²) < 4.78 is 1.02. The van der Waals surface area contributed by atoms with Crippen LogP contribution >= 0.6 is 15.9 Å². The van der Waals surface area contributed by atoms with Gasteiger partial charge in [0, 0.05) is 4.47 Å². The summed E-state index contributed by atoms with van der Waals surface area (Å²) in [6.07, 6.45) is 0.611. The Bertz CT molecular complexity index is 302. The predicted octanol–water partition coefficient (Wildman–Crippen LogP) is 2.12. The molecule has 1 aromatic rings. The maximum Gasteiger partial charge on any atom is 0.0734 e. The minimum Gasteiger partial charge on any atom is -0.395 e. The van der Waals surface area contributed by atoms with Gasteiger partial charge in [0.2, 0.25) is 0 Å². The van der Waals surface area contributed by atoms with Crippen molar-refractivity contribution < 1.29 is 5.11 Å². The van der Waals surface area contributed by atoms with Gasteiger partial charge < -0.3 is 5.11 Å². The quantitative estimate of drug-likeness (QED) is 0.879. The number of aliphatic hydroxyl groups excluding tert-OH is 1. The van der Waals surface area contributed by atoms with Crippen LogP contribution in [0.1, 0.15) is 5.56 Å². The molecule has 0 fully saturated rings. The second-order valence-corrected chi connectivity index (χ2v) is 3.75. The monoisotopic (exact) mass is 239 g/mol. The molecule has 0 saturated carbocycles. The van der Waals surface area contributed by atoms with Crippen molar-refractivity contribution in [1.29, 1.82) is 5.26 Å². The summed E-state index contributed by atoms with van der Waals surface area (Å²) in [7, 11) is 0. The standard InChI is InChI=1S/C10H10BrNO/c11-10-3-1-8(2-4-10)5-9(6-12)7-13/h1-4,9,13H,5,7H2/t9-/m1/s1. The molecule has 68 valence electrons. The van der Waals surface area contributed by atoms with Crippen LogP contribution in [0.4, 0.5) is 0 Å². The SMILES string of the molecule is N#C[C@H](CO)Cc1ccc(Br)cc1. The van der Waals surface area contributed by atoms with E-state index in [1.54, 1.807) is 0 Å². The molecular formula is C10H10BrNO. The summed E-state index contributed by atoms with van der Waals surface area (Å²) in [5.74, 6) is -0.291. The molecule has 0 aliphatic carbocycles. The zero-order valence-electron chi connectivity index (χ0n) is 7.07. The summed E-state index contributed by atoms with van der Waals surface area (Å²) in [5, 5.41) is 17.4. The Labute approximate surface area is 85.9 Å². The van der Waals surface area contributed by atoms with E-state index in [0.29, 0.717) is 6.42 Å². The summed E-state index contributed by atoms with van der Waals surface area (Å²) in [4.78, 5) is 0. The van der Waals surface area contributed by atoms with Gasteiger partial charge in [0.05, 0.1) is 18.6 Å². The topological polar surface area (TPSA) is 44.0 Å². The van der Waals surface area contributed by atoms with Gasteiger partial charge in [-0.2, -0.15) is 5.26 Å². The normalized spacial score (nSPS) is 12.1. The van der Waals surface area contributed by atoms with Crippen molar-refractivity contribution in [1.82, 2.24) is 0 Å². The maximum atomic E-state index is 8.81. The lowest BCUT2D eigenvalue weighted by molar-refractivity contribution is 0.255. The number of hydrogen-bond acceptors (Lipinski definition) is 2.